The summed E-state index contributed by atoms with van der Waals surface area (Å²) in [6.07, 6.45) is 7.36. The minimum atomic E-state index is -0.210. The van der Waals surface area contributed by atoms with Gasteiger partial charge in [-0.25, -0.2) is 4.68 Å². The quantitative estimate of drug-likeness (QED) is 0.547. The van der Waals surface area contributed by atoms with Crippen molar-refractivity contribution in [1.82, 2.24) is 24.6 Å². The highest BCUT2D eigenvalue weighted by molar-refractivity contribution is 6.07. The molecule has 1 amide bonds. The number of amides is 1. The van der Waals surface area contributed by atoms with E-state index < -0.39 is 0 Å². The lowest BCUT2D eigenvalue weighted by Crippen LogP contribution is -2.45. The molecule has 2 aromatic heterocycles. The van der Waals surface area contributed by atoms with Gasteiger partial charge in [0.2, 0.25) is 5.91 Å². The van der Waals surface area contributed by atoms with Gasteiger partial charge < -0.3 is 9.88 Å². The molecular weight excluding hydrogens is 402 g/mol. The van der Waals surface area contributed by atoms with E-state index in [1.165, 1.54) is 23.9 Å². The van der Waals surface area contributed by atoms with Gasteiger partial charge in [0.05, 0.1) is 6.20 Å². The van der Waals surface area contributed by atoms with Gasteiger partial charge in [-0.1, -0.05) is 31.5 Å². The molecule has 0 aliphatic carbocycles. The van der Waals surface area contributed by atoms with Gasteiger partial charge in [-0.2, -0.15) is 5.10 Å². The second-order valence-electron chi connectivity index (χ2n) is 9.11. The van der Waals surface area contributed by atoms with Crippen LogP contribution in [0.15, 0.2) is 35.3 Å². The largest absolute Gasteiger partial charge is 0.354 e. The Balaban J connectivity index is 1.43. The predicted octanol–water partition coefficient (Wildman–Crippen LogP) is 3.53. The zero-order valence-corrected chi connectivity index (χ0v) is 19.5. The number of carbonyl (C=O) groups excluding carboxylic acids is 1. The van der Waals surface area contributed by atoms with Crippen molar-refractivity contribution in [3.05, 3.63) is 40.8 Å². The van der Waals surface area contributed by atoms with E-state index in [-0.39, 0.29) is 18.0 Å². The number of likely N-dealkylation sites (tertiary alicyclic amines) is 1. The van der Waals surface area contributed by atoms with Crippen molar-refractivity contribution in [2.24, 2.45) is 0 Å². The fraction of sp³-hybridized carbons (Fsp3) is 0.560. The lowest BCUT2D eigenvalue weighted by atomic mass is 9.97. The summed E-state index contributed by atoms with van der Waals surface area (Å²) in [5.41, 5.74) is 1.45. The molecule has 172 valence electrons. The minimum Gasteiger partial charge on any atom is -0.354 e. The van der Waals surface area contributed by atoms with Crippen LogP contribution >= 0.6 is 0 Å². The Morgan fingerprint density at radius 1 is 1.12 bits per heavy atom. The molecule has 0 spiro atoms. The summed E-state index contributed by atoms with van der Waals surface area (Å²) in [4.78, 5) is 28.3. The molecule has 1 aromatic carbocycles. The van der Waals surface area contributed by atoms with Gasteiger partial charge >= 0.3 is 0 Å². The maximum atomic E-state index is 13.2. The van der Waals surface area contributed by atoms with E-state index in [1.807, 2.05) is 24.3 Å². The lowest BCUT2D eigenvalue weighted by molar-refractivity contribution is -0.121. The zero-order chi connectivity index (χ0) is 22.7. The van der Waals surface area contributed by atoms with Crippen molar-refractivity contribution < 1.29 is 4.79 Å². The monoisotopic (exact) mass is 437 g/mol. The molecule has 1 aliphatic rings. The van der Waals surface area contributed by atoms with E-state index >= 15 is 0 Å². The summed E-state index contributed by atoms with van der Waals surface area (Å²) < 4.78 is 3.35. The fourth-order valence-corrected chi connectivity index (χ4v) is 5.16. The number of hydrogen-bond donors (Lipinski definition) is 1. The second kappa shape index (κ2) is 9.86. The second-order valence-corrected chi connectivity index (χ2v) is 9.11. The highest BCUT2D eigenvalue weighted by Gasteiger charge is 2.23. The Labute approximate surface area is 189 Å². The van der Waals surface area contributed by atoms with Gasteiger partial charge in [0.25, 0.3) is 5.56 Å². The summed E-state index contributed by atoms with van der Waals surface area (Å²) in [6.45, 7) is 8.98. The number of carbonyl (C=O) groups is 1. The van der Waals surface area contributed by atoms with Crippen molar-refractivity contribution in [3.63, 3.8) is 0 Å². The molecule has 0 radical (unpaired) electrons. The van der Waals surface area contributed by atoms with E-state index in [9.17, 15) is 9.59 Å². The third-order valence-electron chi connectivity index (χ3n) is 6.81. The van der Waals surface area contributed by atoms with E-state index in [2.05, 4.69) is 40.7 Å². The van der Waals surface area contributed by atoms with Crippen LogP contribution in [0, 0.1) is 0 Å². The molecule has 0 bridgehead atoms. The van der Waals surface area contributed by atoms with E-state index in [0.29, 0.717) is 24.1 Å². The average molecular weight is 438 g/mol. The van der Waals surface area contributed by atoms with Gasteiger partial charge in [0.1, 0.15) is 12.1 Å². The van der Waals surface area contributed by atoms with Crippen molar-refractivity contribution >= 4 is 27.7 Å². The Morgan fingerprint density at radius 2 is 1.88 bits per heavy atom. The number of benzene rings is 1. The van der Waals surface area contributed by atoms with Crippen LogP contribution in [0.5, 0.6) is 0 Å². The highest BCUT2D eigenvalue weighted by Crippen LogP contribution is 2.26. The van der Waals surface area contributed by atoms with E-state index in [0.717, 1.165) is 42.2 Å². The van der Waals surface area contributed by atoms with Gasteiger partial charge in [-0.3, -0.25) is 14.5 Å². The first-order valence-electron chi connectivity index (χ1n) is 12.0. The molecule has 3 aromatic rings. The van der Waals surface area contributed by atoms with Crippen LogP contribution in [0.2, 0.25) is 0 Å². The van der Waals surface area contributed by atoms with Crippen LogP contribution in [0.25, 0.3) is 21.8 Å². The molecule has 32 heavy (non-hydrogen) atoms. The Morgan fingerprint density at radius 3 is 2.62 bits per heavy atom. The molecule has 0 saturated carbocycles. The summed E-state index contributed by atoms with van der Waals surface area (Å²) in [6, 6.07) is 9.23. The maximum Gasteiger partial charge on any atom is 0.291 e. The van der Waals surface area contributed by atoms with Gasteiger partial charge in [-0.05, 0) is 45.6 Å². The molecule has 3 heterocycles. The van der Waals surface area contributed by atoms with Crippen LogP contribution in [0.4, 0.5) is 0 Å². The average Bonchev–Trinajstić information content (AvgIpc) is 3.09. The normalized spacial score (nSPS) is 19.6. The number of nitrogens with one attached hydrogen (secondary N) is 1. The highest BCUT2D eigenvalue weighted by atomic mass is 16.2. The van der Waals surface area contributed by atoms with Crippen molar-refractivity contribution in [1.29, 1.82) is 0 Å². The van der Waals surface area contributed by atoms with Crippen LogP contribution < -0.4 is 10.9 Å². The predicted molar refractivity (Wildman–Crippen MR) is 129 cm³/mol. The summed E-state index contributed by atoms with van der Waals surface area (Å²) in [7, 11) is 0. The molecular formula is C25H35N5O2. The van der Waals surface area contributed by atoms with Gasteiger partial charge in [0.15, 0.2) is 0 Å². The number of para-hydroxylation sites is 1. The SMILES string of the molecule is CCCn1c2ccccc2c2cnn(CC(=O)NCCCN3[C@@H](C)CCC[C@@H]3C)c(=O)c21. The summed E-state index contributed by atoms with van der Waals surface area (Å²) in [5, 5.41) is 9.16. The Hall–Kier alpha value is -2.67. The van der Waals surface area contributed by atoms with Gasteiger partial charge in [0, 0.05) is 48.0 Å². The van der Waals surface area contributed by atoms with Crippen molar-refractivity contribution in [2.75, 3.05) is 13.1 Å². The number of hydrogen-bond acceptors (Lipinski definition) is 4. The number of nitrogens with zero attached hydrogens (tertiary/aromatic N) is 4. The smallest absolute Gasteiger partial charge is 0.291 e. The lowest BCUT2D eigenvalue weighted by Gasteiger charge is -2.39. The Kier molecular flexibility index (Phi) is 6.94. The topological polar surface area (TPSA) is 72.2 Å². The number of piperidine rings is 1. The number of aromatic nitrogens is 3. The first-order chi connectivity index (χ1) is 15.5. The maximum absolute atomic E-state index is 13.2. The molecule has 1 saturated heterocycles. The summed E-state index contributed by atoms with van der Waals surface area (Å²) in [5.74, 6) is -0.170. The van der Waals surface area contributed by atoms with Crippen LogP contribution in [-0.4, -0.2) is 50.3 Å². The Bertz CT molecular complexity index is 1140. The minimum absolute atomic E-state index is 0.0566. The fourth-order valence-electron chi connectivity index (χ4n) is 5.16. The van der Waals surface area contributed by atoms with Gasteiger partial charge in [-0.15, -0.1) is 0 Å². The van der Waals surface area contributed by atoms with Crippen LogP contribution in [0.1, 0.15) is 52.9 Å². The number of aryl methyl sites for hydroxylation is 1. The number of rotatable bonds is 8. The molecule has 0 unspecified atom stereocenters. The first-order valence-corrected chi connectivity index (χ1v) is 12.0. The number of fused-ring (bicyclic) bond motifs is 3. The standard InChI is InChI=1S/C25H35N5O2/c1-4-14-29-22-12-6-5-11-20(22)21-16-27-30(25(32)24(21)29)17-23(31)26-13-8-15-28-18(2)9-7-10-19(28)3/h5-6,11-12,16,18-19H,4,7-10,13-15,17H2,1-3H3,(H,26,31)/t18-,19-/m0/s1. The third kappa shape index (κ3) is 4.44. The molecule has 4 rings (SSSR count). The van der Waals surface area contributed by atoms with E-state index in [4.69, 9.17) is 0 Å². The molecule has 7 heteroatoms. The van der Waals surface area contributed by atoms with Crippen LogP contribution in [-0.2, 0) is 17.9 Å². The third-order valence-corrected chi connectivity index (χ3v) is 6.81. The molecule has 7 nitrogen and oxygen atoms in total. The van der Waals surface area contributed by atoms with E-state index in [1.54, 1.807) is 6.20 Å². The molecule has 1 N–H and O–H groups in total. The van der Waals surface area contributed by atoms with Crippen molar-refractivity contribution in [3.8, 4) is 0 Å². The first kappa shape index (κ1) is 22.5. The van der Waals surface area contributed by atoms with Crippen molar-refractivity contribution in [2.45, 2.75) is 78.0 Å². The molecule has 1 fully saturated rings. The zero-order valence-electron chi connectivity index (χ0n) is 19.5. The summed E-state index contributed by atoms with van der Waals surface area (Å²) >= 11 is 0. The molecule has 1 aliphatic heterocycles. The molecule has 2 atom stereocenters. The van der Waals surface area contributed by atoms with Crippen LogP contribution in [0.3, 0.4) is 0 Å².